The molecule has 6 nitrogen and oxygen atoms in total. The Hall–Kier alpha value is -2.60. The molecule has 3 saturated heterocycles. The Labute approximate surface area is 181 Å². The molecule has 0 aliphatic carbocycles. The number of fused-ring (bicyclic) bond motifs is 4. The number of halogens is 1. The third kappa shape index (κ3) is 3.76. The molecule has 0 radical (unpaired) electrons. The molecule has 1 N–H and O–H groups in total. The molecule has 1 aromatic carbocycles. The van der Waals surface area contributed by atoms with E-state index in [1.165, 1.54) is 6.42 Å². The first-order chi connectivity index (χ1) is 14.6. The molecule has 2 aromatic rings. The lowest BCUT2D eigenvalue weighted by atomic mass is 9.76. The van der Waals surface area contributed by atoms with Crippen LogP contribution < -0.4 is 10.2 Å². The van der Waals surface area contributed by atoms with Gasteiger partial charge >= 0.3 is 0 Å². The van der Waals surface area contributed by atoms with Gasteiger partial charge in [-0.15, -0.1) is 0 Å². The summed E-state index contributed by atoms with van der Waals surface area (Å²) >= 11 is 5.98. The number of nitrogens with zero attached hydrogens (tertiary/aromatic N) is 3. The van der Waals surface area contributed by atoms with E-state index in [1.54, 1.807) is 30.5 Å². The second-order valence-electron chi connectivity index (χ2n) is 8.64. The minimum absolute atomic E-state index is 0.205. The Morgan fingerprint density at radius 2 is 2.07 bits per heavy atom. The molecule has 3 aliphatic heterocycles. The van der Waals surface area contributed by atoms with Crippen LogP contribution in [0.2, 0.25) is 5.02 Å². The number of carbonyl (C=O) groups excluding carboxylic acids is 2. The third-order valence-corrected chi connectivity index (χ3v) is 6.83. The van der Waals surface area contributed by atoms with Crippen LogP contribution in [0.4, 0.5) is 11.5 Å². The molecule has 3 atom stereocenters. The summed E-state index contributed by atoms with van der Waals surface area (Å²) in [7, 11) is 0. The number of piperidine rings is 3. The second kappa shape index (κ2) is 7.91. The van der Waals surface area contributed by atoms with E-state index >= 15 is 0 Å². The molecule has 1 aromatic heterocycles. The van der Waals surface area contributed by atoms with Gasteiger partial charge < -0.3 is 15.1 Å². The SMILES string of the molecule is O=C(Nc1cccc(Cl)c1)c1ccc(N2C[C@H]3C[C@H](C2)[C@H]2CCCC(=O)N2C3)nc1. The van der Waals surface area contributed by atoms with Crippen molar-refractivity contribution in [1.29, 1.82) is 0 Å². The van der Waals surface area contributed by atoms with Crippen molar-refractivity contribution in [2.75, 3.05) is 29.9 Å². The topological polar surface area (TPSA) is 65.5 Å². The number of carbonyl (C=O) groups is 2. The van der Waals surface area contributed by atoms with Crippen LogP contribution in [-0.2, 0) is 4.79 Å². The average molecular weight is 425 g/mol. The lowest BCUT2D eigenvalue weighted by Crippen LogP contribution is -2.60. The Bertz CT molecular complexity index is 964. The number of pyridine rings is 1. The average Bonchev–Trinajstić information content (AvgIpc) is 2.74. The molecule has 5 rings (SSSR count). The van der Waals surface area contributed by atoms with E-state index in [1.807, 2.05) is 12.1 Å². The van der Waals surface area contributed by atoms with Gasteiger partial charge in [0, 0.05) is 49.0 Å². The van der Waals surface area contributed by atoms with E-state index in [-0.39, 0.29) is 5.91 Å². The molecule has 156 valence electrons. The van der Waals surface area contributed by atoms with Gasteiger partial charge in [0.15, 0.2) is 0 Å². The first-order valence-corrected chi connectivity index (χ1v) is 11.0. The number of nitrogens with one attached hydrogen (secondary N) is 1. The maximum Gasteiger partial charge on any atom is 0.257 e. The van der Waals surface area contributed by atoms with Gasteiger partial charge in [0.1, 0.15) is 5.82 Å². The zero-order valence-corrected chi connectivity index (χ0v) is 17.5. The van der Waals surface area contributed by atoms with Crippen LogP contribution in [0.1, 0.15) is 36.0 Å². The highest BCUT2D eigenvalue weighted by molar-refractivity contribution is 6.30. The van der Waals surface area contributed by atoms with Crippen molar-refractivity contribution in [1.82, 2.24) is 9.88 Å². The van der Waals surface area contributed by atoms with Crippen molar-refractivity contribution in [3.8, 4) is 0 Å². The summed E-state index contributed by atoms with van der Waals surface area (Å²) in [6.45, 7) is 2.71. The molecular formula is C23H25ClN4O2. The van der Waals surface area contributed by atoms with Crippen LogP contribution in [0.25, 0.3) is 0 Å². The summed E-state index contributed by atoms with van der Waals surface area (Å²) in [6, 6.07) is 11.2. The predicted octanol–water partition coefficient (Wildman–Crippen LogP) is 3.82. The summed E-state index contributed by atoms with van der Waals surface area (Å²) in [6.07, 6.45) is 5.67. The molecule has 0 unspecified atom stereocenters. The minimum Gasteiger partial charge on any atom is -0.356 e. The minimum atomic E-state index is -0.205. The lowest BCUT2D eigenvalue weighted by molar-refractivity contribution is -0.142. The molecular weight excluding hydrogens is 400 g/mol. The zero-order valence-electron chi connectivity index (χ0n) is 16.8. The van der Waals surface area contributed by atoms with Crippen LogP contribution in [-0.4, -0.2) is 47.4 Å². The van der Waals surface area contributed by atoms with Crippen molar-refractivity contribution in [2.45, 2.75) is 31.7 Å². The number of benzene rings is 1. The maximum absolute atomic E-state index is 12.5. The van der Waals surface area contributed by atoms with Crippen molar-refractivity contribution in [2.24, 2.45) is 11.8 Å². The predicted molar refractivity (Wildman–Crippen MR) is 117 cm³/mol. The molecule has 4 heterocycles. The van der Waals surface area contributed by atoms with Crippen molar-refractivity contribution in [3.63, 3.8) is 0 Å². The molecule has 2 bridgehead atoms. The van der Waals surface area contributed by atoms with Gasteiger partial charge in [0.2, 0.25) is 5.91 Å². The van der Waals surface area contributed by atoms with Crippen molar-refractivity contribution >= 4 is 34.9 Å². The molecule has 3 fully saturated rings. The number of anilines is 2. The Kier molecular flexibility index (Phi) is 5.11. The number of hydrogen-bond acceptors (Lipinski definition) is 4. The Morgan fingerprint density at radius 1 is 1.17 bits per heavy atom. The van der Waals surface area contributed by atoms with Gasteiger partial charge in [-0.05, 0) is 61.4 Å². The van der Waals surface area contributed by atoms with Gasteiger partial charge in [-0.25, -0.2) is 4.98 Å². The molecule has 3 aliphatic rings. The first kappa shape index (κ1) is 19.4. The standard InChI is InChI=1S/C23H25ClN4O2/c24-18-3-1-4-19(10-18)26-23(30)16-7-8-21(25-11-16)27-12-15-9-17(14-27)20-5-2-6-22(29)28(20)13-15/h1,3-4,7-8,10-11,15,17,20H,2,5-6,9,12-14H2,(H,26,30)/t15-,17-,20-/m1/s1. The molecule has 30 heavy (non-hydrogen) atoms. The second-order valence-corrected chi connectivity index (χ2v) is 9.08. The first-order valence-electron chi connectivity index (χ1n) is 10.6. The fraction of sp³-hybridized carbons (Fsp3) is 0.435. The molecule has 0 spiro atoms. The monoisotopic (exact) mass is 424 g/mol. The van der Waals surface area contributed by atoms with Crippen molar-refractivity contribution < 1.29 is 9.59 Å². The summed E-state index contributed by atoms with van der Waals surface area (Å²) in [5, 5.41) is 3.43. The van der Waals surface area contributed by atoms with E-state index in [4.69, 9.17) is 11.6 Å². The quantitative estimate of drug-likeness (QED) is 0.813. The number of amides is 2. The van der Waals surface area contributed by atoms with Crippen LogP contribution in [0.5, 0.6) is 0 Å². The largest absolute Gasteiger partial charge is 0.356 e. The van der Waals surface area contributed by atoms with E-state index in [0.29, 0.717) is 46.5 Å². The van der Waals surface area contributed by atoms with E-state index in [9.17, 15) is 9.59 Å². The van der Waals surface area contributed by atoms with E-state index in [0.717, 1.165) is 38.3 Å². The summed E-state index contributed by atoms with van der Waals surface area (Å²) < 4.78 is 0. The Balaban J connectivity index is 1.27. The van der Waals surface area contributed by atoms with Crippen LogP contribution in [0.3, 0.4) is 0 Å². The van der Waals surface area contributed by atoms with Gasteiger partial charge in [-0.1, -0.05) is 17.7 Å². The van der Waals surface area contributed by atoms with Crippen LogP contribution in [0.15, 0.2) is 42.6 Å². The van der Waals surface area contributed by atoms with Gasteiger partial charge in [-0.2, -0.15) is 0 Å². The zero-order chi connectivity index (χ0) is 20.7. The fourth-order valence-corrected chi connectivity index (χ4v) is 5.46. The van der Waals surface area contributed by atoms with E-state index in [2.05, 4.69) is 20.1 Å². The third-order valence-electron chi connectivity index (χ3n) is 6.60. The van der Waals surface area contributed by atoms with Gasteiger partial charge in [0.25, 0.3) is 5.91 Å². The lowest BCUT2D eigenvalue weighted by Gasteiger charge is -2.52. The number of rotatable bonds is 3. The van der Waals surface area contributed by atoms with Crippen LogP contribution >= 0.6 is 11.6 Å². The maximum atomic E-state index is 12.5. The van der Waals surface area contributed by atoms with Crippen molar-refractivity contribution in [3.05, 3.63) is 53.2 Å². The Morgan fingerprint density at radius 3 is 2.87 bits per heavy atom. The molecule has 7 heteroatoms. The molecule has 0 saturated carbocycles. The highest BCUT2D eigenvalue weighted by Crippen LogP contribution is 2.38. The molecule has 2 amide bonds. The fourth-order valence-electron chi connectivity index (χ4n) is 5.27. The highest BCUT2D eigenvalue weighted by atomic mass is 35.5. The summed E-state index contributed by atoms with van der Waals surface area (Å²) in [5.41, 5.74) is 1.17. The normalized spacial score (nSPS) is 25.6. The summed E-state index contributed by atoms with van der Waals surface area (Å²) in [4.78, 5) is 33.9. The number of aromatic nitrogens is 1. The van der Waals surface area contributed by atoms with Gasteiger partial charge in [0.05, 0.1) is 5.56 Å². The highest BCUT2D eigenvalue weighted by Gasteiger charge is 2.44. The van der Waals surface area contributed by atoms with Crippen LogP contribution in [0, 0.1) is 11.8 Å². The smallest absolute Gasteiger partial charge is 0.257 e. The van der Waals surface area contributed by atoms with Gasteiger partial charge in [-0.3, -0.25) is 9.59 Å². The number of hydrogen-bond donors (Lipinski definition) is 1. The van der Waals surface area contributed by atoms with E-state index < -0.39 is 0 Å². The summed E-state index contributed by atoms with van der Waals surface area (Å²) in [5.74, 6) is 2.04.